The first kappa shape index (κ1) is 16.7. The quantitative estimate of drug-likeness (QED) is 0.589. The first-order chi connectivity index (χ1) is 13.2. The van der Waals surface area contributed by atoms with Crippen molar-refractivity contribution in [1.29, 1.82) is 0 Å². The van der Waals surface area contributed by atoms with E-state index in [2.05, 4.69) is 20.4 Å². The maximum absolute atomic E-state index is 12.3. The van der Waals surface area contributed by atoms with Crippen molar-refractivity contribution < 1.29 is 9.32 Å². The van der Waals surface area contributed by atoms with Crippen molar-refractivity contribution in [3.63, 3.8) is 0 Å². The highest BCUT2D eigenvalue weighted by atomic mass is 16.5. The third-order valence-corrected chi connectivity index (χ3v) is 4.02. The minimum atomic E-state index is -0.133. The second-order valence-electron chi connectivity index (χ2n) is 6.00. The Balaban J connectivity index is 1.50. The number of carbonyl (C=O) groups excluding carboxylic acids is 1. The van der Waals surface area contributed by atoms with Gasteiger partial charge in [-0.05, 0) is 31.2 Å². The number of hydrogen-bond acceptors (Lipinski definition) is 5. The Morgan fingerprint density at radius 3 is 2.48 bits per heavy atom. The number of nitrogens with one attached hydrogen (secondary N) is 1. The molecule has 0 aliphatic heterocycles. The maximum Gasteiger partial charge on any atom is 0.258 e. The van der Waals surface area contributed by atoms with E-state index in [1.165, 1.54) is 0 Å². The van der Waals surface area contributed by atoms with Gasteiger partial charge in [0.05, 0.1) is 0 Å². The minimum Gasteiger partial charge on any atom is -0.334 e. The van der Waals surface area contributed by atoms with Crippen LogP contribution in [0.5, 0.6) is 0 Å². The van der Waals surface area contributed by atoms with E-state index in [1.54, 1.807) is 10.8 Å². The molecule has 1 N–H and O–H groups in total. The van der Waals surface area contributed by atoms with E-state index in [0.717, 1.165) is 11.3 Å². The zero-order valence-electron chi connectivity index (χ0n) is 14.7. The lowest BCUT2D eigenvalue weighted by molar-refractivity contribution is -0.116. The van der Waals surface area contributed by atoms with Gasteiger partial charge < -0.3 is 14.4 Å². The van der Waals surface area contributed by atoms with Gasteiger partial charge >= 0.3 is 0 Å². The number of aryl methyl sites for hydroxylation is 1. The number of hydrogen-bond donors (Lipinski definition) is 1. The number of para-hydroxylation sites is 1. The van der Waals surface area contributed by atoms with Crippen LogP contribution in [0, 0.1) is 6.92 Å². The molecule has 0 aliphatic rings. The Hall–Kier alpha value is -3.74. The molecule has 0 fully saturated rings. The molecule has 2 heterocycles. The van der Waals surface area contributed by atoms with Crippen LogP contribution in [0.15, 0.2) is 71.4 Å². The summed E-state index contributed by atoms with van der Waals surface area (Å²) in [6.07, 6.45) is 1.75. The number of nitrogens with zero attached hydrogens (tertiary/aromatic N) is 4. The largest absolute Gasteiger partial charge is 0.334 e. The molecule has 0 aliphatic carbocycles. The predicted molar refractivity (Wildman–Crippen MR) is 101 cm³/mol. The molecule has 0 spiro atoms. The van der Waals surface area contributed by atoms with Gasteiger partial charge in [0, 0.05) is 17.4 Å². The molecule has 0 saturated heterocycles. The van der Waals surface area contributed by atoms with Crippen LogP contribution in [0.25, 0.3) is 23.0 Å². The molecule has 0 atom stereocenters. The summed E-state index contributed by atoms with van der Waals surface area (Å²) in [5.41, 5.74) is 2.16. The van der Waals surface area contributed by atoms with Gasteiger partial charge in [-0.15, -0.1) is 0 Å². The fourth-order valence-corrected chi connectivity index (χ4v) is 2.68. The standard InChI is InChI=1S/C20H17N5O2/c1-14-21-17(19-23-20(27-24-19)15-8-4-2-5-9-15)12-25(14)13-18(26)22-16-10-6-3-7-11-16/h2-12H,13H2,1H3,(H,22,26). The van der Waals surface area contributed by atoms with E-state index in [1.807, 2.05) is 67.6 Å². The Morgan fingerprint density at radius 2 is 1.74 bits per heavy atom. The van der Waals surface area contributed by atoms with Crippen molar-refractivity contribution in [3.8, 4) is 23.0 Å². The average molecular weight is 359 g/mol. The average Bonchev–Trinajstić information content (AvgIpc) is 3.31. The second-order valence-corrected chi connectivity index (χ2v) is 6.00. The summed E-state index contributed by atoms with van der Waals surface area (Å²) in [7, 11) is 0. The molecule has 2 aromatic carbocycles. The Bertz CT molecular complexity index is 1050. The van der Waals surface area contributed by atoms with Gasteiger partial charge in [-0.3, -0.25) is 4.79 Å². The molecule has 2 aromatic heterocycles. The summed E-state index contributed by atoms with van der Waals surface area (Å²) in [5, 5.41) is 6.86. The van der Waals surface area contributed by atoms with Gasteiger partial charge in [0.25, 0.3) is 5.89 Å². The summed E-state index contributed by atoms with van der Waals surface area (Å²) in [6.45, 7) is 1.98. The first-order valence-electron chi connectivity index (χ1n) is 8.47. The van der Waals surface area contributed by atoms with Crippen LogP contribution in [0.2, 0.25) is 0 Å². The summed E-state index contributed by atoms with van der Waals surface area (Å²) in [6, 6.07) is 18.9. The highest BCUT2D eigenvalue weighted by molar-refractivity contribution is 5.90. The van der Waals surface area contributed by atoms with Crippen molar-refractivity contribution >= 4 is 11.6 Å². The molecule has 0 bridgehead atoms. The minimum absolute atomic E-state index is 0.133. The molecule has 0 saturated carbocycles. The lowest BCUT2D eigenvalue weighted by Crippen LogP contribution is -2.18. The van der Waals surface area contributed by atoms with Gasteiger partial charge in [-0.2, -0.15) is 4.98 Å². The molecule has 1 amide bonds. The van der Waals surface area contributed by atoms with Crippen molar-refractivity contribution in [1.82, 2.24) is 19.7 Å². The molecule has 7 nitrogen and oxygen atoms in total. The highest BCUT2D eigenvalue weighted by Gasteiger charge is 2.15. The molecule has 0 unspecified atom stereocenters. The fourth-order valence-electron chi connectivity index (χ4n) is 2.68. The summed E-state index contributed by atoms with van der Waals surface area (Å²) in [4.78, 5) is 21.1. The number of aromatic nitrogens is 4. The topological polar surface area (TPSA) is 85.8 Å². The second kappa shape index (κ2) is 7.25. The monoisotopic (exact) mass is 359 g/mol. The first-order valence-corrected chi connectivity index (χ1v) is 8.47. The Morgan fingerprint density at radius 1 is 1.04 bits per heavy atom. The third kappa shape index (κ3) is 3.77. The van der Waals surface area contributed by atoms with Crippen LogP contribution >= 0.6 is 0 Å². The third-order valence-electron chi connectivity index (χ3n) is 4.02. The van der Waals surface area contributed by atoms with Gasteiger partial charge in [0.1, 0.15) is 18.1 Å². The van der Waals surface area contributed by atoms with Crippen LogP contribution in [-0.2, 0) is 11.3 Å². The van der Waals surface area contributed by atoms with Crippen molar-refractivity contribution in [2.75, 3.05) is 5.32 Å². The van der Waals surface area contributed by atoms with E-state index in [0.29, 0.717) is 23.2 Å². The molecule has 27 heavy (non-hydrogen) atoms. The number of rotatable bonds is 5. The lowest BCUT2D eigenvalue weighted by Gasteiger charge is -2.06. The van der Waals surface area contributed by atoms with Crippen molar-refractivity contribution in [2.24, 2.45) is 0 Å². The lowest BCUT2D eigenvalue weighted by atomic mass is 10.2. The SMILES string of the molecule is Cc1nc(-c2noc(-c3ccccc3)n2)cn1CC(=O)Nc1ccccc1. The zero-order valence-corrected chi connectivity index (χ0v) is 14.7. The molecule has 4 rings (SSSR count). The van der Waals surface area contributed by atoms with Gasteiger partial charge in [-0.1, -0.05) is 41.6 Å². The normalized spacial score (nSPS) is 10.7. The summed E-state index contributed by atoms with van der Waals surface area (Å²) < 4.78 is 7.08. The molecule has 4 aromatic rings. The van der Waals surface area contributed by atoms with Gasteiger partial charge in [-0.25, -0.2) is 4.98 Å². The van der Waals surface area contributed by atoms with E-state index in [4.69, 9.17) is 4.52 Å². The van der Waals surface area contributed by atoms with Crippen LogP contribution in [0.4, 0.5) is 5.69 Å². The number of carbonyl (C=O) groups is 1. The number of imidazole rings is 1. The van der Waals surface area contributed by atoms with Crippen LogP contribution in [0.3, 0.4) is 0 Å². The van der Waals surface area contributed by atoms with E-state index in [9.17, 15) is 4.79 Å². The van der Waals surface area contributed by atoms with E-state index >= 15 is 0 Å². The highest BCUT2D eigenvalue weighted by Crippen LogP contribution is 2.21. The van der Waals surface area contributed by atoms with Crippen molar-refractivity contribution in [2.45, 2.75) is 13.5 Å². The van der Waals surface area contributed by atoms with Crippen LogP contribution in [0.1, 0.15) is 5.82 Å². The molecule has 0 radical (unpaired) electrons. The summed E-state index contributed by atoms with van der Waals surface area (Å²) in [5.74, 6) is 1.38. The zero-order chi connectivity index (χ0) is 18.6. The molecule has 134 valence electrons. The van der Waals surface area contributed by atoms with Gasteiger partial charge in [0.15, 0.2) is 0 Å². The fraction of sp³-hybridized carbons (Fsp3) is 0.100. The van der Waals surface area contributed by atoms with Crippen molar-refractivity contribution in [3.05, 3.63) is 72.7 Å². The molecular weight excluding hydrogens is 342 g/mol. The maximum atomic E-state index is 12.3. The number of benzene rings is 2. The van der Waals surface area contributed by atoms with Crippen LogP contribution < -0.4 is 5.32 Å². The van der Waals surface area contributed by atoms with E-state index in [-0.39, 0.29) is 12.5 Å². The smallest absolute Gasteiger partial charge is 0.258 e. The molecule has 7 heteroatoms. The number of anilines is 1. The predicted octanol–water partition coefficient (Wildman–Crippen LogP) is 3.55. The number of amides is 1. The van der Waals surface area contributed by atoms with Gasteiger partial charge in [0.2, 0.25) is 11.7 Å². The van der Waals surface area contributed by atoms with E-state index < -0.39 is 0 Å². The Kier molecular flexibility index (Phi) is 4.49. The molecular formula is C20H17N5O2. The van der Waals surface area contributed by atoms with Crippen LogP contribution in [-0.4, -0.2) is 25.6 Å². The Labute approximate surface area is 155 Å². The summed E-state index contributed by atoms with van der Waals surface area (Å²) >= 11 is 0.